The molecule has 1 aromatic rings. The van der Waals surface area contributed by atoms with E-state index in [0.29, 0.717) is 17.7 Å². The first kappa shape index (κ1) is 9.20. The molecule has 0 fully saturated rings. The third kappa shape index (κ3) is 1.50. The summed E-state index contributed by atoms with van der Waals surface area (Å²) in [6, 6.07) is 0. The van der Waals surface area contributed by atoms with E-state index in [1.165, 1.54) is 0 Å². The first-order valence-corrected chi connectivity index (χ1v) is 5.88. The first-order chi connectivity index (χ1) is 6.48. The van der Waals surface area contributed by atoms with Gasteiger partial charge >= 0.3 is 5.69 Å². The van der Waals surface area contributed by atoms with Gasteiger partial charge in [0.05, 0.1) is 11.5 Å². The number of aromatic nitrogens is 2. The number of nitrogens with two attached hydrogens (primary N) is 1. The van der Waals surface area contributed by atoms with E-state index < -0.39 is 15.5 Å². The molecule has 0 atom stereocenters. The molecule has 6 nitrogen and oxygen atoms in total. The van der Waals surface area contributed by atoms with Crippen LogP contribution >= 0.6 is 0 Å². The Bertz CT molecular complexity index is 532. The van der Waals surface area contributed by atoms with Crippen LogP contribution in [0.4, 0.5) is 5.82 Å². The van der Waals surface area contributed by atoms with E-state index in [2.05, 4.69) is 9.97 Å². The minimum atomic E-state index is -3.07. The second-order valence-corrected chi connectivity index (χ2v) is 5.41. The second kappa shape index (κ2) is 2.81. The van der Waals surface area contributed by atoms with Gasteiger partial charge in [-0.1, -0.05) is 0 Å². The van der Waals surface area contributed by atoms with Crippen LogP contribution in [0, 0.1) is 0 Å². The molecule has 3 N–H and O–H groups in total. The average Bonchev–Trinajstić information content (AvgIpc) is 2.06. The molecule has 1 aliphatic heterocycles. The molecular weight excluding hydrogens is 206 g/mol. The van der Waals surface area contributed by atoms with Crippen molar-refractivity contribution in [1.82, 2.24) is 9.97 Å². The predicted octanol–water partition coefficient (Wildman–Crippen LogP) is -1.18. The van der Waals surface area contributed by atoms with Crippen molar-refractivity contribution in [3.63, 3.8) is 0 Å². The van der Waals surface area contributed by atoms with Crippen molar-refractivity contribution in [3.05, 3.63) is 21.7 Å². The van der Waals surface area contributed by atoms with E-state index in [-0.39, 0.29) is 17.3 Å². The molecule has 0 spiro atoms. The molecular formula is C7H9N3O3S. The van der Waals surface area contributed by atoms with Gasteiger partial charge in [0.1, 0.15) is 5.82 Å². The molecule has 0 unspecified atom stereocenters. The van der Waals surface area contributed by atoms with Crippen molar-refractivity contribution in [3.8, 4) is 0 Å². The van der Waals surface area contributed by atoms with Crippen molar-refractivity contribution in [2.24, 2.45) is 0 Å². The second-order valence-electron chi connectivity index (χ2n) is 3.23. The lowest BCUT2D eigenvalue weighted by Crippen LogP contribution is -2.26. The number of fused-ring (bicyclic) bond motifs is 1. The van der Waals surface area contributed by atoms with Gasteiger partial charge in [0, 0.05) is 17.7 Å². The number of hydrogen-bond donors (Lipinski definition) is 2. The summed E-state index contributed by atoms with van der Waals surface area (Å²) in [4.78, 5) is 16.9. The highest BCUT2D eigenvalue weighted by atomic mass is 32.2. The Morgan fingerprint density at radius 2 is 2.14 bits per heavy atom. The van der Waals surface area contributed by atoms with E-state index in [1.54, 1.807) is 0 Å². The zero-order valence-corrected chi connectivity index (χ0v) is 8.10. The highest BCUT2D eigenvalue weighted by Crippen LogP contribution is 2.20. The van der Waals surface area contributed by atoms with Crippen molar-refractivity contribution in [2.75, 3.05) is 11.5 Å². The molecule has 2 heterocycles. The molecule has 0 saturated carbocycles. The van der Waals surface area contributed by atoms with Gasteiger partial charge in [-0.25, -0.2) is 13.2 Å². The summed E-state index contributed by atoms with van der Waals surface area (Å²) in [7, 11) is -3.07. The van der Waals surface area contributed by atoms with Crippen LogP contribution < -0.4 is 11.4 Å². The number of anilines is 1. The van der Waals surface area contributed by atoms with Gasteiger partial charge in [0.2, 0.25) is 0 Å². The van der Waals surface area contributed by atoms with Crippen LogP contribution in [0.2, 0.25) is 0 Å². The van der Waals surface area contributed by atoms with Crippen LogP contribution in [0.25, 0.3) is 0 Å². The van der Waals surface area contributed by atoms with E-state index in [0.717, 1.165) is 0 Å². The number of aromatic amines is 1. The molecule has 76 valence electrons. The number of hydrogen-bond acceptors (Lipinski definition) is 5. The maximum absolute atomic E-state index is 11.3. The lowest BCUT2D eigenvalue weighted by Gasteiger charge is -2.16. The minimum absolute atomic E-state index is 0.0204. The number of nitrogen functional groups attached to an aromatic ring is 1. The molecule has 0 bridgehead atoms. The van der Waals surface area contributed by atoms with Crippen molar-refractivity contribution in [2.45, 2.75) is 12.2 Å². The van der Waals surface area contributed by atoms with Gasteiger partial charge in [-0.2, -0.15) is 4.98 Å². The Morgan fingerprint density at radius 3 is 2.86 bits per heavy atom. The lowest BCUT2D eigenvalue weighted by molar-refractivity contribution is 0.590. The maximum atomic E-state index is 11.3. The number of aryl methyl sites for hydroxylation is 1. The number of nitrogens with zero attached hydrogens (tertiary/aromatic N) is 1. The zero-order chi connectivity index (χ0) is 10.3. The summed E-state index contributed by atoms with van der Waals surface area (Å²) in [5.74, 6) is -0.0517. The lowest BCUT2D eigenvalue weighted by atomic mass is 10.2. The Balaban J connectivity index is 2.64. The largest absolute Gasteiger partial charge is 0.383 e. The quantitative estimate of drug-likeness (QED) is 0.566. The van der Waals surface area contributed by atoms with Crippen LogP contribution in [-0.4, -0.2) is 24.1 Å². The van der Waals surface area contributed by atoms with Crippen LogP contribution in [0.1, 0.15) is 11.3 Å². The van der Waals surface area contributed by atoms with Crippen LogP contribution in [0.5, 0.6) is 0 Å². The average molecular weight is 215 g/mol. The fraction of sp³-hybridized carbons (Fsp3) is 0.429. The number of H-pyrrole nitrogens is 1. The fourth-order valence-electron chi connectivity index (χ4n) is 1.49. The zero-order valence-electron chi connectivity index (χ0n) is 7.28. The molecule has 0 aliphatic carbocycles. The highest BCUT2D eigenvalue weighted by molar-refractivity contribution is 7.90. The standard InChI is InChI=1S/C7H9N3O3S/c8-6-4-3-14(12,13)2-1-5(4)9-7(11)10-6/h1-3H2,(H3,8,9,10,11). The minimum Gasteiger partial charge on any atom is -0.383 e. The van der Waals surface area contributed by atoms with E-state index >= 15 is 0 Å². The van der Waals surface area contributed by atoms with Gasteiger partial charge in [0.25, 0.3) is 0 Å². The van der Waals surface area contributed by atoms with Crippen LogP contribution in [-0.2, 0) is 22.0 Å². The maximum Gasteiger partial charge on any atom is 0.347 e. The highest BCUT2D eigenvalue weighted by Gasteiger charge is 2.24. The summed E-state index contributed by atoms with van der Waals surface area (Å²) in [5, 5.41) is 0. The number of nitrogens with one attached hydrogen (secondary N) is 1. The van der Waals surface area contributed by atoms with E-state index in [4.69, 9.17) is 5.73 Å². The number of rotatable bonds is 0. The van der Waals surface area contributed by atoms with Crippen molar-refractivity contribution in [1.29, 1.82) is 0 Å². The monoisotopic (exact) mass is 215 g/mol. The first-order valence-electron chi connectivity index (χ1n) is 4.06. The number of sulfone groups is 1. The Labute approximate surface area is 80.1 Å². The van der Waals surface area contributed by atoms with E-state index in [9.17, 15) is 13.2 Å². The smallest absolute Gasteiger partial charge is 0.347 e. The molecule has 0 amide bonds. The molecule has 1 aliphatic rings. The van der Waals surface area contributed by atoms with Gasteiger partial charge in [-0.3, -0.25) is 0 Å². The topological polar surface area (TPSA) is 106 Å². The summed E-state index contributed by atoms with van der Waals surface area (Å²) >= 11 is 0. The third-order valence-electron chi connectivity index (χ3n) is 2.18. The summed E-state index contributed by atoms with van der Waals surface area (Å²) in [6.07, 6.45) is 0.305. The molecule has 1 aromatic heterocycles. The summed E-state index contributed by atoms with van der Waals surface area (Å²) < 4.78 is 22.6. The van der Waals surface area contributed by atoms with Gasteiger partial charge in [0.15, 0.2) is 9.84 Å². The van der Waals surface area contributed by atoms with Crippen LogP contribution in [0.15, 0.2) is 4.79 Å². The van der Waals surface area contributed by atoms with Gasteiger partial charge in [-0.15, -0.1) is 0 Å². The van der Waals surface area contributed by atoms with Crippen molar-refractivity contribution < 1.29 is 8.42 Å². The van der Waals surface area contributed by atoms with Gasteiger partial charge < -0.3 is 10.7 Å². The van der Waals surface area contributed by atoms with Crippen LogP contribution in [0.3, 0.4) is 0 Å². The molecule has 0 saturated heterocycles. The Hall–Kier alpha value is -1.37. The molecule has 0 radical (unpaired) electrons. The summed E-state index contributed by atoms with van der Waals surface area (Å²) in [6.45, 7) is 0. The van der Waals surface area contributed by atoms with Crippen molar-refractivity contribution >= 4 is 15.7 Å². The molecule has 14 heavy (non-hydrogen) atoms. The molecule has 2 rings (SSSR count). The predicted molar refractivity (Wildman–Crippen MR) is 50.5 cm³/mol. The molecule has 7 heteroatoms. The summed E-state index contributed by atoms with van der Waals surface area (Å²) in [5.41, 5.74) is 5.98. The molecule has 0 aromatic carbocycles. The van der Waals surface area contributed by atoms with Gasteiger partial charge in [-0.05, 0) is 0 Å². The van der Waals surface area contributed by atoms with E-state index in [1.807, 2.05) is 0 Å². The Kier molecular flexibility index (Phi) is 1.84. The Morgan fingerprint density at radius 1 is 1.43 bits per heavy atom. The SMILES string of the molecule is Nc1nc(=O)[nH]c2c1CS(=O)(=O)CC2. The third-order valence-corrected chi connectivity index (χ3v) is 3.74. The fourth-order valence-corrected chi connectivity index (χ4v) is 2.91. The normalized spacial score (nSPS) is 18.9.